The van der Waals surface area contributed by atoms with Crippen LogP contribution in [0.1, 0.15) is 16.1 Å². The zero-order valence-corrected chi connectivity index (χ0v) is 13.5. The molecule has 2 heterocycles. The summed E-state index contributed by atoms with van der Waals surface area (Å²) in [6.07, 6.45) is 1.47. The van der Waals surface area contributed by atoms with Crippen LogP contribution in [0.4, 0.5) is 0 Å². The van der Waals surface area contributed by atoms with Gasteiger partial charge in [-0.15, -0.1) is 0 Å². The van der Waals surface area contributed by atoms with Gasteiger partial charge in [0, 0.05) is 6.08 Å². The number of benzene rings is 1. The standard InChI is InChI=1S/C17H15N3O5/c1-23-13-5-3-9(16(22)24-2)7-11(13)14-6-4-10(25-14)8-12-15(21)20-17(18)19-12/h3-8H,1-2H3,(H3,18,19,20,21)/b12-8-. The number of nitrogens with two attached hydrogens (primary N) is 1. The molecule has 1 aliphatic heterocycles. The van der Waals surface area contributed by atoms with Crippen molar-refractivity contribution in [2.75, 3.05) is 14.2 Å². The lowest BCUT2D eigenvalue weighted by Crippen LogP contribution is -2.30. The van der Waals surface area contributed by atoms with Crippen molar-refractivity contribution in [2.45, 2.75) is 0 Å². The van der Waals surface area contributed by atoms with Crippen LogP contribution >= 0.6 is 0 Å². The molecule has 2 aromatic rings. The number of hydrogen-bond donors (Lipinski definition) is 2. The van der Waals surface area contributed by atoms with E-state index >= 15 is 0 Å². The normalized spacial score (nSPS) is 15.0. The number of guanidine groups is 1. The lowest BCUT2D eigenvalue weighted by atomic mass is 10.1. The minimum atomic E-state index is -0.467. The van der Waals surface area contributed by atoms with Gasteiger partial charge in [0.05, 0.1) is 25.3 Å². The zero-order valence-electron chi connectivity index (χ0n) is 13.5. The summed E-state index contributed by atoms with van der Waals surface area (Å²) in [6.45, 7) is 0. The van der Waals surface area contributed by atoms with E-state index in [4.69, 9.17) is 19.6 Å². The Hall–Kier alpha value is -3.55. The van der Waals surface area contributed by atoms with Crippen LogP contribution < -0.4 is 15.8 Å². The summed E-state index contributed by atoms with van der Waals surface area (Å²) in [7, 11) is 2.82. The van der Waals surface area contributed by atoms with Gasteiger partial charge in [-0.3, -0.25) is 10.1 Å². The molecular formula is C17H15N3O5. The number of nitrogens with one attached hydrogen (secondary N) is 1. The molecule has 1 amide bonds. The SMILES string of the molecule is COC(=O)c1ccc(OC)c(-c2ccc(/C=C3\N=C(N)NC3=O)o2)c1. The number of methoxy groups -OCH3 is 2. The van der Waals surface area contributed by atoms with Gasteiger partial charge in [-0.05, 0) is 30.3 Å². The first-order valence-corrected chi connectivity index (χ1v) is 7.25. The Kier molecular flexibility index (Phi) is 4.25. The molecule has 1 aromatic carbocycles. The fraction of sp³-hybridized carbons (Fsp3) is 0.118. The fourth-order valence-electron chi connectivity index (χ4n) is 2.34. The first kappa shape index (κ1) is 16.3. The van der Waals surface area contributed by atoms with E-state index in [0.29, 0.717) is 28.4 Å². The summed E-state index contributed by atoms with van der Waals surface area (Å²) in [5, 5.41) is 2.38. The Balaban J connectivity index is 1.98. The van der Waals surface area contributed by atoms with E-state index in [2.05, 4.69) is 10.3 Å². The van der Waals surface area contributed by atoms with Crippen molar-refractivity contribution in [3.8, 4) is 17.1 Å². The van der Waals surface area contributed by atoms with Crippen molar-refractivity contribution in [3.63, 3.8) is 0 Å². The minimum absolute atomic E-state index is 0.0375. The molecular weight excluding hydrogens is 326 g/mol. The lowest BCUT2D eigenvalue weighted by molar-refractivity contribution is -0.115. The number of furan rings is 1. The molecule has 3 rings (SSSR count). The Morgan fingerprint density at radius 1 is 1.28 bits per heavy atom. The highest BCUT2D eigenvalue weighted by atomic mass is 16.5. The number of amides is 1. The van der Waals surface area contributed by atoms with E-state index in [1.807, 2.05) is 0 Å². The van der Waals surface area contributed by atoms with E-state index in [1.165, 1.54) is 20.3 Å². The van der Waals surface area contributed by atoms with Gasteiger partial charge >= 0.3 is 5.97 Å². The smallest absolute Gasteiger partial charge is 0.337 e. The molecule has 25 heavy (non-hydrogen) atoms. The largest absolute Gasteiger partial charge is 0.496 e. The van der Waals surface area contributed by atoms with Gasteiger partial charge in [0.1, 0.15) is 23.0 Å². The molecule has 0 fully saturated rings. The lowest BCUT2D eigenvalue weighted by Gasteiger charge is -2.08. The minimum Gasteiger partial charge on any atom is -0.496 e. The second-order valence-corrected chi connectivity index (χ2v) is 5.09. The van der Waals surface area contributed by atoms with Crippen LogP contribution in [-0.4, -0.2) is 32.1 Å². The van der Waals surface area contributed by atoms with Crippen LogP contribution in [0.5, 0.6) is 5.75 Å². The third kappa shape index (κ3) is 3.23. The molecule has 1 aliphatic rings. The number of hydrogen-bond acceptors (Lipinski definition) is 7. The monoisotopic (exact) mass is 341 g/mol. The average Bonchev–Trinajstić information content (AvgIpc) is 3.20. The Morgan fingerprint density at radius 2 is 2.08 bits per heavy atom. The number of ether oxygens (including phenoxy) is 2. The van der Waals surface area contributed by atoms with Gasteiger partial charge in [-0.1, -0.05) is 0 Å². The third-order valence-corrected chi connectivity index (χ3v) is 3.51. The van der Waals surface area contributed by atoms with E-state index in [0.717, 1.165) is 0 Å². The fourth-order valence-corrected chi connectivity index (χ4v) is 2.34. The topological polar surface area (TPSA) is 116 Å². The number of rotatable bonds is 4. The Labute approximate surface area is 142 Å². The van der Waals surface area contributed by atoms with Crippen molar-refractivity contribution >= 4 is 23.9 Å². The zero-order chi connectivity index (χ0) is 18.0. The van der Waals surface area contributed by atoms with Crippen molar-refractivity contribution in [3.05, 3.63) is 47.4 Å². The van der Waals surface area contributed by atoms with Crippen molar-refractivity contribution < 1.29 is 23.5 Å². The number of aliphatic imine (C=N–C) groups is 1. The van der Waals surface area contributed by atoms with Crippen molar-refractivity contribution in [1.82, 2.24) is 5.32 Å². The molecule has 0 aliphatic carbocycles. The third-order valence-electron chi connectivity index (χ3n) is 3.51. The predicted octanol–water partition coefficient (Wildman–Crippen LogP) is 1.53. The van der Waals surface area contributed by atoms with Gasteiger partial charge in [-0.25, -0.2) is 9.79 Å². The van der Waals surface area contributed by atoms with E-state index in [-0.39, 0.29) is 11.7 Å². The molecule has 128 valence electrons. The van der Waals surface area contributed by atoms with Gasteiger partial charge in [0.15, 0.2) is 0 Å². The predicted molar refractivity (Wildman–Crippen MR) is 89.8 cm³/mol. The molecule has 0 bridgehead atoms. The number of carbonyl (C=O) groups is 2. The van der Waals surface area contributed by atoms with E-state index in [9.17, 15) is 9.59 Å². The second kappa shape index (κ2) is 6.52. The Morgan fingerprint density at radius 3 is 2.72 bits per heavy atom. The molecule has 3 N–H and O–H groups in total. The molecule has 8 nitrogen and oxygen atoms in total. The molecule has 0 saturated heterocycles. The first-order chi connectivity index (χ1) is 12.0. The molecule has 0 spiro atoms. The highest BCUT2D eigenvalue weighted by Gasteiger charge is 2.19. The molecule has 0 atom stereocenters. The van der Waals surface area contributed by atoms with Crippen LogP contribution in [0.2, 0.25) is 0 Å². The summed E-state index contributed by atoms with van der Waals surface area (Å²) >= 11 is 0. The molecule has 0 unspecified atom stereocenters. The summed E-state index contributed by atoms with van der Waals surface area (Å²) < 4.78 is 15.8. The molecule has 0 saturated carbocycles. The second-order valence-electron chi connectivity index (χ2n) is 5.09. The maximum absolute atomic E-state index is 11.7. The summed E-state index contributed by atoms with van der Waals surface area (Å²) in [5.41, 5.74) is 6.54. The first-order valence-electron chi connectivity index (χ1n) is 7.25. The summed E-state index contributed by atoms with van der Waals surface area (Å²) in [5.74, 6) is 0.567. The van der Waals surface area contributed by atoms with Crippen LogP contribution in [0.15, 0.2) is 45.4 Å². The number of esters is 1. The highest BCUT2D eigenvalue weighted by molar-refractivity contribution is 6.13. The van der Waals surface area contributed by atoms with Gasteiger partial charge in [-0.2, -0.15) is 0 Å². The highest BCUT2D eigenvalue weighted by Crippen LogP contribution is 2.33. The van der Waals surface area contributed by atoms with Crippen LogP contribution in [0.25, 0.3) is 17.4 Å². The van der Waals surface area contributed by atoms with Gasteiger partial charge < -0.3 is 19.6 Å². The Bertz CT molecular complexity index is 911. The van der Waals surface area contributed by atoms with Crippen molar-refractivity contribution in [2.24, 2.45) is 10.7 Å². The molecule has 0 radical (unpaired) electrons. The maximum Gasteiger partial charge on any atom is 0.337 e. The average molecular weight is 341 g/mol. The van der Waals surface area contributed by atoms with Crippen LogP contribution in [0, 0.1) is 0 Å². The van der Waals surface area contributed by atoms with Gasteiger partial charge in [0.2, 0.25) is 5.96 Å². The van der Waals surface area contributed by atoms with Crippen LogP contribution in [0.3, 0.4) is 0 Å². The molecule has 1 aromatic heterocycles. The van der Waals surface area contributed by atoms with E-state index < -0.39 is 11.9 Å². The quantitative estimate of drug-likeness (QED) is 0.643. The van der Waals surface area contributed by atoms with Gasteiger partial charge in [0.25, 0.3) is 5.91 Å². The van der Waals surface area contributed by atoms with E-state index in [1.54, 1.807) is 30.3 Å². The molecule has 8 heteroatoms. The maximum atomic E-state index is 11.7. The summed E-state index contributed by atoms with van der Waals surface area (Å²) in [6, 6.07) is 8.23. The summed E-state index contributed by atoms with van der Waals surface area (Å²) in [4.78, 5) is 27.2. The van der Waals surface area contributed by atoms with Crippen LogP contribution in [-0.2, 0) is 9.53 Å². The number of nitrogens with zero attached hydrogens (tertiary/aromatic N) is 1. The number of carbonyl (C=O) groups excluding carboxylic acids is 2. The van der Waals surface area contributed by atoms with Crippen molar-refractivity contribution in [1.29, 1.82) is 0 Å².